The standard InChI is InChI=1S/C55H95ClN12O19/c1-4-6-7-8-9-10-11-12-13-14-15-16-17-20-32(70)27-40(72)60-38-30-87-55(86)43(39(71)29-56)67-46(76)33(5-2)61-52(82)42(31(3)69)66-49(79)36(23-26-59)63-47(77)34(21-18-19-24-57)62-50(80)37(28-41(73)74)65-48(78)35(22-25-58)64-53(83)44(68-51(38)81)45(75)54(84)85/h5,31-32,34-39,42-45,69-71,75H,4,6-30,57-59H2,1-3H3,(H,60,72)(H,61,82)(H,62,80)(H,63,77)(H,64,83)(H,65,78)(H,66,79)(H,67,76)(H,68,81)(H,73,74)(H,84,85)/b33-5+/t31-,32-,34?,35+,36-,37?,38?,39+,42?,43?,44?,45-/m0/s1. The molecule has 0 saturated carbocycles. The molecule has 12 atom stereocenters. The minimum Gasteiger partial charge on any atom is -0.481 e. The molecule has 6 unspecified atom stereocenters. The van der Waals surface area contributed by atoms with Gasteiger partial charge in [0.05, 0.1) is 37.0 Å². The van der Waals surface area contributed by atoms with Crippen molar-refractivity contribution in [3.05, 3.63) is 11.8 Å². The number of alkyl halides is 1. The Morgan fingerprint density at radius 1 is 0.598 bits per heavy atom. The van der Waals surface area contributed by atoms with Gasteiger partial charge in [-0.05, 0) is 72.0 Å². The zero-order valence-corrected chi connectivity index (χ0v) is 50.7. The molecule has 31 nitrogen and oxygen atoms in total. The second kappa shape index (κ2) is 43.9. The maximum atomic E-state index is 14.2. The van der Waals surface area contributed by atoms with Gasteiger partial charge in [0.15, 0.2) is 12.1 Å². The number of allylic oxidation sites excluding steroid dienone is 1. The number of halogens is 1. The number of cyclic esters (lactones) is 1. The summed E-state index contributed by atoms with van der Waals surface area (Å²) in [7, 11) is 0. The van der Waals surface area contributed by atoms with Gasteiger partial charge >= 0.3 is 17.9 Å². The van der Waals surface area contributed by atoms with Crippen molar-refractivity contribution >= 4 is 82.7 Å². The first-order chi connectivity index (χ1) is 41.3. The number of unbranched alkanes of at least 4 members (excludes halogenated alkanes) is 13. The summed E-state index contributed by atoms with van der Waals surface area (Å²) in [6.45, 7) is 2.65. The lowest BCUT2D eigenvalue weighted by atomic mass is 10.0. The van der Waals surface area contributed by atoms with Gasteiger partial charge in [-0.15, -0.1) is 11.6 Å². The van der Waals surface area contributed by atoms with E-state index < -0.39 is 188 Å². The fourth-order valence-corrected chi connectivity index (χ4v) is 9.11. The number of rotatable bonds is 32. The van der Waals surface area contributed by atoms with E-state index in [1.54, 1.807) is 0 Å². The fourth-order valence-electron chi connectivity index (χ4n) is 8.93. The number of aliphatic hydroxyl groups excluding tert-OH is 4. The van der Waals surface area contributed by atoms with Crippen molar-refractivity contribution in [3.8, 4) is 0 Å². The molecule has 1 aliphatic heterocycles. The molecule has 9 amide bonds. The first-order valence-electron chi connectivity index (χ1n) is 29.7. The highest BCUT2D eigenvalue weighted by Gasteiger charge is 2.40. The molecule has 0 aromatic rings. The highest BCUT2D eigenvalue weighted by atomic mass is 35.5. The summed E-state index contributed by atoms with van der Waals surface area (Å²) in [5.74, 6) is -17.8. The number of esters is 1. The molecule has 87 heavy (non-hydrogen) atoms. The van der Waals surface area contributed by atoms with Crippen molar-refractivity contribution in [2.45, 2.75) is 228 Å². The van der Waals surface area contributed by atoms with Gasteiger partial charge in [0.25, 0.3) is 5.91 Å². The van der Waals surface area contributed by atoms with Gasteiger partial charge in [0, 0.05) is 0 Å². The summed E-state index contributed by atoms with van der Waals surface area (Å²) in [5.41, 5.74) is 16.5. The number of carboxylic acids is 2. The van der Waals surface area contributed by atoms with Crippen LogP contribution in [0.2, 0.25) is 0 Å². The highest BCUT2D eigenvalue weighted by Crippen LogP contribution is 2.15. The molecule has 496 valence electrons. The molecule has 0 bridgehead atoms. The Kier molecular flexibility index (Phi) is 39.6. The van der Waals surface area contributed by atoms with Crippen LogP contribution >= 0.6 is 11.6 Å². The lowest BCUT2D eigenvalue weighted by Crippen LogP contribution is -2.63. The van der Waals surface area contributed by atoms with Gasteiger partial charge in [-0.1, -0.05) is 96.5 Å². The molecule has 32 heteroatoms. The van der Waals surface area contributed by atoms with E-state index in [0.29, 0.717) is 6.42 Å². The molecule has 21 N–H and O–H groups in total. The monoisotopic (exact) mass is 1260 g/mol. The van der Waals surface area contributed by atoms with E-state index >= 15 is 0 Å². The van der Waals surface area contributed by atoms with Gasteiger partial charge in [-0.2, -0.15) is 0 Å². The molecule has 0 aliphatic carbocycles. The van der Waals surface area contributed by atoms with Gasteiger partial charge in [0.2, 0.25) is 47.3 Å². The maximum Gasteiger partial charge on any atom is 0.335 e. The molecule has 0 spiro atoms. The third-order valence-corrected chi connectivity index (χ3v) is 14.3. The minimum atomic E-state index is -2.85. The topological polar surface area (TPSA) is 522 Å². The number of carboxylic acid groups (broad SMARTS) is 2. The fraction of sp³-hybridized carbons (Fsp3) is 0.745. The summed E-state index contributed by atoms with van der Waals surface area (Å²) < 4.78 is 5.28. The second-order valence-corrected chi connectivity index (χ2v) is 21.6. The molecule has 1 saturated heterocycles. The number of nitrogens with one attached hydrogen (secondary N) is 9. The van der Waals surface area contributed by atoms with E-state index in [0.717, 1.165) is 51.5 Å². The number of amides is 9. The van der Waals surface area contributed by atoms with Crippen LogP contribution in [-0.2, 0) is 62.3 Å². The Hall–Kier alpha value is -6.61. The van der Waals surface area contributed by atoms with Crippen molar-refractivity contribution in [2.24, 2.45) is 17.2 Å². The number of ether oxygens (including phenoxy) is 1. The van der Waals surface area contributed by atoms with Crippen molar-refractivity contribution < 1.29 is 92.9 Å². The molecule has 1 rings (SSSR count). The smallest absolute Gasteiger partial charge is 0.335 e. The first-order valence-corrected chi connectivity index (χ1v) is 30.2. The van der Waals surface area contributed by atoms with Crippen molar-refractivity contribution in [2.75, 3.05) is 32.1 Å². The molecule has 1 heterocycles. The lowest BCUT2D eigenvalue weighted by molar-refractivity contribution is -0.154. The Bertz CT molecular complexity index is 2270. The Balaban J connectivity index is 3.88. The van der Waals surface area contributed by atoms with Crippen LogP contribution in [0.15, 0.2) is 11.8 Å². The van der Waals surface area contributed by atoms with Crippen molar-refractivity contribution in [1.82, 2.24) is 47.9 Å². The third kappa shape index (κ3) is 30.7. The van der Waals surface area contributed by atoms with Gasteiger partial charge < -0.3 is 100 Å². The maximum absolute atomic E-state index is 14.2. The van der Waals surface area contributed by atoms with Crippen LogP contribution < -0.4 is 65.1 Å². The average molecular weight is 1260 g/mol. The van der Waals surface area contributed by atoms with E-state index in [1.165, 1.54) is 45.4 Å². The highest BCUT2D eigenvalue weighted by molar-refractivity contribution is 6.18. The lowest BCUT2D eigenvalue weighted by Gasteiger charge is -2.29. The van der Waals surface area contributed by atoms with Gasteiger partial charge in [-0.25, -0.2) is 9.59 Å². The summed E-state index contributed by atoms with van der Waals surface area (Å²) in [6, 6.07) is -16.0. The third-order valence-electron chi connectivity index (χ3n) is 14.0. The largest absolute Gasteiger partial charge is 0.481 e. The second-order valence-electron chi connectivity index (χ2n) is 21.3. The predicted octanol–water partition coefficient (Wildman–Crippen LogP) is -3.60. The van der Waals surface area contributed by atoms with Crippen LogP contribution in [0.5, 0.6) is 0 Å². The summed E-state index contributed by atoms with van der Waals surface area (Å²) in [5, 5.41) is 82.6. The van der Waals surface area contributed by atoms with Gasteiger partial charge in [0.1, 0.15) is 54.6 Å². The number of nitrogens with two attached hydrogens (primary N) is 3. The molecule has 1 aliphatic rings. The normalized spacial score (nSPS) is 23.9. The van der Waals surface area contributed by atoms with E-state index in [4.69, 9.17) is 33.5 Å². The molecular formula is C55H95ClN12O19. The summed E-state index contributed by atoms with van der Waals surface area (Å²) >= 11 is 5.90. The number of aliphatic hydroxyl groups is 4. The van der Waals surface area contributed by atoms with Crippen molar-refractivity contribution in [3.63, 3.8) is 0 Å². The molecule has 0 radical (unpaired) electrons. The molecule has 0 aromatic carbocycles. The number of carbonyl (C=O) groups excluding carboxylic acids is 10. The molecular weight excluding hydrogens is 1170 g/mol. The van der Waals surface area contributed by atoms with Crippen LogP contribution in [0, 0.1) is 0 Å². The number of carbonyl (C=O) groups is 12. The van der Waals surface area contributed by atoms with E-state index in [1.807, 2.05) is 5.32 Å². The molecule has 1 fully saturated rings. The zero-order chi connectivity index (χ0) is 65.6. The SMILES string of the molecule is C/C=C1/NC(=O)C([C@H](C)O)NC(=O)[C@H](CCN)NC(=O)C(CCCCN)NC(=O)C(CC(=O)O)NC(=O)[C@@H](CCN)NC(=O)C([C@H](O)C(=O)O)NC(=O)C(NC(=O)C[C@@H](O)CCCCCCCCCCCCCCC)COC(=O)C([C@H](O)CCl)NC1=O. The van der Waals surface area contributed by atoms with Crippen LogP contribution in [0.3, 0.4) is 0 Å². The van der Waals surface area contributed by atoms with Gasteiger partial charge in [-0.3, -0.25) is 47.9 Å². The number of hydrogen-bond acceptors (Lipinski definition) is 20. The van der Waals surface area contributed by atoms with E-state index in [2.05, 4.69) is 49.5 Å². The Morgan fingerprint density at radius 3 is 1.56 bits per heavy atom. The van der Waals surface area contributed by atoms with E-state index in [-0.39, 0.29) is 45.2 Å². The van der Waals surface area contributed by atoms with Crippen LogP contribution in [0.4, 0.5) is 0 Å². The number of hydrogen-bond donors (Lipinski definition) is 18. The average Bonchev–Trinajstić information content (AvgIpc) is 3.34. The summed E-state index contributed by atoms with van der Waals surface area (Å²) in [4.78, 5) is 163. The number of aliphatic carboxylic acids is 2. The van der Waals surface area contributed by atoms with Crippen molar-refractivity contribution in [1.29, 1.82) is 0 Å². The first kappa shape index (κ1) is 78.4. The van der Waals surface area contributed by atoms with Crippen LogP contribution in [0.1, 0.15) is 156 Å². The van der Waals surface area contributed by atoms with Crippen LogP contribution in [-0.4, -0.2) is 207 Å². The van der Waals surface area contributed by atoms with Crippen LogP contribution in [0.25, 0.3) is 0 Å². The minimum absolute atomic E-state index is 0.115. The van der Waals surface area contributed by atoms with E-state index in [9.17, 15) is 88.2 Å². The molecule has 0 aromatic heterocycles. The Morgan fingerprint density at radius 2 is 1.08 bits per heavy atom. The summed E-state index contributed by atoms with van der Waals surface area (Å²) in [6.07, 6.45) is 4.61. The quantitative estimate of drug-likeness (QED) is 0.0134. The zero-order valence-electron chi connectivity index (χ0n) is 50.0. The Labute approximate surface area is 511 Å². The predicted molar refractivity (Wildman–Crippen MR) is 314 cm³/mol.